The Bertz CT molecular complexity index is 3300. The highest BCUT2D eigenvalue weighted by Gasteiger charge is 2.21. The van der Waals surface area contributed by atoms with Crippen LogP contribution in [0.4, 0.5) is 0 Å². The minimum atomic E-state index is 0.143. The third-order valence-electron chi connectivity index (χ3n) is 20.8. The zero-order chi connectivity index (χ0) is 89.5. The maximum Gasteiger partial charge on any atom is 0.121 e. The first-order chi connectivity index (χ1) is 54.6. The summed E-state index contributed by atoms with van der Waals surface area (Å²) in [5.74, 6) is 8.31. The first kappa shape index (κ1) is 121. The summed E-state index contributed by atoms with van der Waals surface area (Å²) < 4.78 is 10.3. The lowest BCUT2D eigenvalue weighted by molar-refractivity contribution is 0.281. The molecule has 3 nitrogen and oxygen atoms in total. The van der Waals surface area contributed by atoms with Crippen molar-refractivity contribution in [2.45, 2.75) is 395 Å². The molecular weight excluding hydrogens is 1380 g/mol. The fourth-order valence-corrected chi connectivity index (χ4v) is 11.2. The van der Waals surface area contributed by atoms with Crippen molar-refractivity contribution in [1.29, 1.82) is 0 Å². The van der Waals surface area contributed by atoms with Crippen molar-refractivity contribution in [3.8, 4) is 11.5 Å². The fraction of sp³-hybridized carbons (Fsp3) is 0.568. The number of hydrogen-bond acceptors (Lipinski definition) is 3. The Labute approximate surface area is 713 Å². The van der Waals surface area contributed by atoms with Crippen molar-refractivity contribution in [2.24, 2.45) is 11.8 Å². The quantitative estimate of drug-likeness (QED) is 0.0930. The number of aliphatic hydroxyl groups is 1. The molecule has 0 heterocycles. The minimum absolute atomic E-state index is 0.143. The Morgan fingerprint density at radius 1 is 0.325 bits per heavy atom. The van der Waals surface area contributed by atoms with E-state index in [1.54, 1.807) is 25.3 Å². The van der Waals surface area contributed by atoms with Crippen molar-refractivity contribution in [3.05, 3.63) is 271 Å². The molecule has 0 spiro atoms. The zero-order valence-electron chi connectivity index (χ0n) is 83.1. The van der Waals surface area contributed by atoms with Crippen LogP contribution in [0.5, 0.6) is 11.5 Å². The fourth-order valence-electron chi connectivity index (χ4n) is 11.2. The monoisotopic (exact) mass is 1570 g/mol. The van der Waals surface area contributed by atoms with Crippen molar-refractivity contribution < 1.29 is 14.6 Å². The molecule has 1 aliphatic rings. The van der Waals surface area contributed by atoms with Crippen molar-refractivity contribution in [2.75, 3.05) is 14.2 Å². The maximum absolute atomic E-state index is 8.92. The lowest BCUT2D eigenvalue weighted by atomic mass is 9.78. The number of aliphatic hydroxyl groups excluding tert-OH is 1. The molecule has 9 atom stereocenters. The molecule has 0 bridgehead atoms. The Morgan fingerprint density at radius 3 is 0.956 bits per heavy atom. The van der Waals surface area contributed by atoms with Gasteiger partial charge in [-0.15, -0.1) is 0 Å². The molecule has 0 saturated heterocycles. The van der Waals surface area contributed by atoms with Gasteiger partial charge in [0.1, 0.15) is 11.5 Å². The van der Waals surface area contributed by atoms with E-state index in [0.717, 1.165) is 41.7 Å². The van der Waals surface area contributed by atoms with E-state index in [-0.39, 0.29) is 12.0 Å². The number of fused-ring (bicyclic) bond motifs is 1. The van der Waals surface area contributed by atoms with Crippen LogP contribution >= 0.6 is 0 Å². The molecule has 0 amide bonds. The van der Waals surface area contributed by atoms with Crippen LogP contribution < -0.4 is 9.47 Å². The topological polar surface area (TPSA) is 38.7 Å². The van der Waals surface area contributed by atoms with Crippen molar-refractivity contribution in [3.63, 3.8) is 0 Å². The van der Waals surface area contributed by atoms with Gasteiger partial charge in [-0.3, -0.25) is 0 Å². The van der Waals surface area contributed by atoms with Crippen LogP contribution in [-0.2, 0) is 31.3 Å². The van der Waals surface area contributed by atoms with Gasteiger partial charge in [-0.25, -0.2) is 0 Å². The van der Waals surface area contributed by atoms with Gasteiger partial charge in [-0.05, 0) is 252 Å². The summed E-state index contributed by atoms with van der Waals surface area (Å²) in [5, 5.41) is 8.92. The van der Waals surface area contributed by atoms with Gasteiger partial charge in [-0.1, -0.05) is 419 Å². The molecule has 650 valence electrons. The van der Waals surface area contributed by atoms with Crippen molar-refractivity contribution in [1.82, 2.24) is 0 Å². The number of benzene rings is 8. The smallest absolute Gasteiger partial charge is 0.121 e. The van der Waals surface area contributed by atoms with Crippen LogP contribution in [-0.4, -0.2) is 19.3 Å². The van der Waals surface area contributed by atoms with Crippen LogP contribution in [0.25, 0.3) is 0 Å². The molecule has 0 radical (unpaired) electrons. The highest BCUT2D eigenvalue weighted by atomic mass is 16.5. The summed E-state index contributed by atoms with van der Waals surface area (Å²) in [6, 6.07) is 65.2. The Balaban J connectivity index is -0.000000224. The molecule has 9 rings (SSSR count). The van der Waals surface area contributed by atoms with Gasteiger partial charge in [0.2, 0.25) is 0 Å². The molecule has 8 aromatic carbocycles. The average molecular weight is 1570 g/mol. The maximum atomic E-state index is 8.92. The third kappa shape index (κ3) is 52.1. The van der Waals surface area contributed by atoms with Crippen LogP contribution in [0.2, 0.25) is 0 Å². The largest absolute Gasteiger partial charge is 0.497 e. The van der Waals surface area contributed by atoms with Gasteiger partial charge in [0.25, 0.3) is 0 Å². The Morgan fingerprint density at radius 2 is 0.632 bits per heavy atom. The van der Waals surface area contributed by atoms with Crippen LogP contribution in [0, 0.1) is 39.5 Å². The number of aryl methyl sites for hydroxylation is 5. The first-order valence-electron chi connectivity index (χ1n) is 46.0. The van der Waals surface area contributed by atoms with Gasteiger partial charge in [0.15, 0.2) is 0 Å². The predicted molar refractivity (Wildman–Crippen MR) is 525 cm³/mol. The molecule has 0 aliphatic heterocycles. The predicted octanol–water partition coefficient (Wildman–Crippen LogP) is 36.3. The first-order valence-corrected chi connectivity index (χ1v) is 46.0. The third-order valence-corrected chi connectivity index (χ3v) is 20.8. The Kier molecular flexibility index (Phi) is 82.0. The number of ether oxygens (including phenoxy) is 2. The van der Waals surface area contributed by atoms with E-state index in [1.807, 2.05) is 135 Å². The van der Waals surface area contributed by atoms with E-state index < -0.39 is 0 Å². The molecule has 0 aromatic heterocycles. The average Bonchev–Trinajstić information content (AvgIpc) is 0.832. The summed E-state index contributed by atoms with van der Waals surface area (Å²) in [6.45, 7) is 85.8. The number of methoxy groups -OCH3 is 2. The van der Waals surface area contributed by atoms with Gasteiger partial charge in [-0.2, -0.15) is 0 Å². The lowest BCUT2D eigenvalue weighted by Crippen LogP contribution is -2.20. The summed E-state index contributed by atoms with van der Waals surface area (Å²) >= 11 is 0. The van der Waals surface area contributed by atoms with Crippen LogP contribution in [0.1, 0.15) is 425 Å². The lowest BCUT2D eigenvalue weighted by Gasteiger charge is -2.27. The highest BCUT2D eigenvalue weighted by molar-refractivity contribution is 5.38. The SMILES string of the molecule is CC.CC.CC.CC.CC.CC.CC.CC.CC1Cc2ccccc2CC1C.CCC(C)c1ccc(C)c(C)c1.CCC(C)c1ccc(C)cc1.CCC(C)c1ccc(OC)c(C)c1.CCC(C)c1ccc(OC)cc1.CCC(C)c1cccc(C(C)(C)C)c1.CCC(C)c1cccc(CO)c1.CCc1cccc(C(C)CC)c1. The molecule has 8 aromatic rings. The second-order valence-electron chi connectivity index (χ2n) is 29.4. The van der Waals surface area contributed by atoms with Crippen LogP contribution in [0.15, 0.2) is 182 Å². The van der Waals surface area contributed by atoms with Crippen LogP contribution in [0.3, 0.4) is 0 Å². The normalized spacial score (nSPS) is 13.2. The molecule has 1 N–H and O–H groups in total. The van der Waals surface area contributed by atoms with Gasteiger partial charge >= 0.3 is 0 Å². The number of hydrogen-bond donors (Lipinski definition) is 1. The van der Waals surface area contributed by atoms with E-state index >= 15 is 0 Å². The molecule has 0 saturated carbocycles. The highest BCUT2D eigenvalue weighted by Crippen LogP contribution is 2.31. The number of rotatable bonds is 18. The molecule has 3 heteroatoms. The standard InChI is InChI=1S/C14H22.C12H18O.C12H16.2C12H18.2C11H16O.C11H16.8C2H6/c1-6-11(2)12-8-7-9-13(10-12)14(3,4)5;1-5-9(2)11-6-7-12(13-4)10(3)8-11;1-9-7-11-5-3-4-6-12(11)8-10(9)2;1-5-9(2)12-7-6-10(3)11(4)8-12;1-4-10(3)12-8-6-7-11(5-2)9-12;1-4-9(2)10-5-7-11(12-3)8-6-10;1-3-9(2)11-6-4-5-10(7-11)8-12;1-4-10(3)11-7-5-9(2)6-8-11;8*1-2/h7-11H,6H2,1-5H3;6-9H,5H2,1-4H3;3-6,9-10H,7-8H2,1-2H3;6-9H,5H2,1-4H3;6-10H,4-5H2,1-3H3;5-9H,4H2,1-3H3;4-7,9,12H,3,8H2,1-2H3;5-8,10H,4H2,1-3H3;8*1-2H3. The van der Waals surface area contributed by atoms with Gasteiger partial charge < -0.3 is 14.6 Å². The summed E-state index contributed by atoms with van der Waals surface area (Å²) in [6.07, 6.45) is 12.1. The van der Waals surface area contributed by atoms with E-state index in [0.29, 0.717) is 41.4 Å². The summed E-state index contributed by atoms with van der Waals surface area (Å²) in [5.41, 5.74) is 22.7. The van der Waals surface area contributed by atoms with Gasteiger partial charge in [0, 0.05) is 0 Å². The second-order valence-corrected chi connectivity index (χ2v) is 29.4. The van der Waals surface area contributed by atoms with Crippen molar-refractivity contribution >= 4 is 0 Å². The molecule has 0 fully saturated rings. The van der Waals surface area contributed by atoms with E-state index in [9.17, 15) is 0 Å². The molecule has 9 unspecified atom stereocenters. The molecule has 114 heavy (non-hydrogen) atoms. The zero-order valence-corrected chi connectivity index (χ0v) is 83.1. The van der Waals surface area contributed by atoms with E-state index in [4.69, 9.17) is 14.6 Å². The summed E-state index contributed by atoms with van der Waals surface area (Å²) in [7, 11) is 3.41. The van der Waals surface area contributed by atoms with Gasteiger partial charge in [0.05, 0.1) is 20.8 Å². The second kappa shape index (κ2) is 77.5. The summed E-state index contributed by atoms with van der Waals surface area (Å²) in [4.78, 5) is 0. The Hall–Kier alpha value is -6.68. The molecular formula is C111H188O3. The molecule has 1 aliphatic carbocycles. The van der Waals surface area contributed by atoms with E-state index in [2.05, 4.69) is 324 Å². The minimum Gasteiger partial charge on any atom is -0.497 e. The van der Waals surface area contributed by atoms with E-state index in [1.165, 1.54) is 124 Å².